The van der Waals surface area contributed by atoms with Gasteiger partial charge in [-0.05, 0) is 49.4 Å². The maximum Gasteiger partial charge on any atom is 0.262 e. The molecule has 132 valence electrons. The fourth-order valence-corrected chi connectivity index (χ4v) is 2.03. The molecule has 0 fully saturated rings. The SMILES string of the molecule is COc1ccc(N[C@@H](C)C(=O)N/N=C\c2cc(OC)ccc2O)cc1. The lowest BCUT2D eigenvalue weighted by molar-refractivity contribution is -0.121. The lowest BCUT2D eigenvalue weighted by Crippen LogP contribution is -2.34. The molecular formula is C18H21N3O4. The number of phenolic OH excluding ortho intramolecular Hbond substituents is 1. The van der Waals surface area contributed by atoms with Crippen molar-refractivity contribution in [3.05, 3.63) is 48.0 Å². The number of nitrogens with one attached hydrogen (secondary N) is 2. The summed E-state index contributed by atoms with van der Waals surface area (Å²) >= 11 is 0. The minimum atomic E-state index is -0.496. The number of hydrogen-bond donors (Lipinski definition) is 3. The number of ether oxygens (including phenoxy) is 2. The molecule has 1 amide bonds. The number of aromatic hydroxyl groups is 1. The van der Waals surface area contributed by atoms with E-state index in [1.165, 1.54) is 19.4 Å². The molecule has 0 radical (unpaired) electrons. The van der Waals surface area contributed by atoms with E-state index in [9.17, 15) is 9.90 Å². The van der Waals surface area contributed by atoms with Crippen molar-refractivity contribution in [3.8, 4) is 17.2 Å². The fraction of sp³-hybridized carbons (Fsp3) is 0.222. The average Bonchev–Trinajstić information content (AvgIpc) is 2.63. The molecule has 0 aliphatic carbocycles. The third kappa shape index (κ3) is 5.13. The number of carbonyl (C=O) groups excluding carboxylic acids is 1. The first-order valence-electron chi connectivity index (χ1n) is 7.64. The maximum absolute atomic E-state index is 12.1. The molecule has 1 atom stereocenters. The van der Waals surface area contributed by atoms with Gasteiger partial charge in [0.25, 0.3) is 5.91 Å². The minimum absolute atomic E-state index is 0.0446. The summed E-state index contributed by atoms with van der Waals surface area (Å²) < 4.78 is 10.2. The van der Waals surface area contributed by atoms with Crippen molar-refractivity contribution in [2.75, 3.05) is 19.5 Å². The molecule has 0 saturated carbocycles. The quantitative estimate of drug-likeness (QED) is 0.530. The van der Waals surface area contributed by atoms with Crippen LogP contribution in [0.1, 0.15) is 12.5 Å². The van der Waals surface area contributed by atoms with Gasteiger partial charge in [-0.1, -0.05) is 0 Å². The molecule has 7 nitrogen and oxygen atoms in total. The molecule has 0 aliphatic heterocycles. The number of hydrogen-bond acceptors (Lipinski definition) is 6. The summed E-state index contributed by atoms with van der Waals surface area (Å²) in [5.41, 5.74) is 3.66. The zero-order chi connectivity index (χ0) is 18.2. The summed E-state index contributed by atoms with van der Waals surface area (Å²) in [6, 6.07) is 11.5. The predicted molar refractivity (Wildman–Crippen MR) is 96.5 cm³/mol. The van der Waals surface area contributed by atoms with E-state index in [0.29, 0.717) is 11.3 Å². The molecule has 25 heavy (non-hydrogen) atoms. The van der Waals surface area contributed by atoms with Gasteiger partial charge in [0.2, 0.25) is 0 Å². The summed E-state index contributed by atoms with van der Waals surface area (Å²) in [7, 11) is 3.12. The van der Waals surface area contributed by atoms with Crippen LogP contribution in [-0.2, 0) is 4.79 Å². The lowest BCUT2D eigenvalue weighted by atomic mass is 10.2. The Labute approximate surface area is 146 Å². The van der Waals surface area contributed by atoms with E-state index >= 15 is 0 Å². The lowest BCUT2D eigenvalue weighted by Gasteiger charge is -2.13. The van der Waals surface area contributed by atoms with E-state index in [2.05, 4.69) is 15.8 Å². The third-order valence-corrected chi connectivity index (χ3v) is 3.48. The zero-order valence-electron chi connectivity index (χ0n) is 14.3. The largest absolute Gasteiger partial charge is 0.507 e. The molecule has 2 aromatic rings. The first-order valence-corrected chi connectivity index (χ1v) is 7.64. The van der Waals surface area contributed by atoms with Gasteiger partial charge in [-0.2, -0.15) is 5.10 Å². The van der Waals surface area contributed by atoms with Crippen LogP contribution in [0.4, 0.5) is 5.69 Å². The van der Waals surface area contributed by atoms with E-state index < -0.39 is 6.04 Å². The molecular weight excluding hydrogens is 322 g/mol. The number of methoxy groups -OCH3 is 2. The van der Waals surface area contributed by atoms with Crippen molar-refractivity contribution in [2.24, 2.45) is 5.10 Å². The zero-order valence-corrected chi connectivity index (χ0v) is 14.3. The molecule has 2 aromatic carbocycles. The van der Waals surface area contributed by atoms with Gasteiger partial charge >= 0.3 is 0 Å². The molecule has 7 heteroatoms. The highest BCUT2D eigenvalue weighted by Crippen LogP contribution is 2.21. The Kier molecular flexibility index (Phi) is 6.22. The predicted octanol–water partition coefficient (Wildman–Crippen LogP) is 2.36. The van der Waals surface area contributed by atoms with Gasteiger partial charge in [-0.15, -0.1) is 0 Å². The van der Waals surface area contributed by atoms with Crippen molar-refractivity contribution in [1.29, 1.82) is 0 Å². The van der Waals surface area contributed by atoms with Crippen molar-refractivity contribution in [3.63, 3.8) is 0 Å². The third-order valence-electron chi connectivity index (χ3n) is 3.48. The Hall–Kier alpha value is -3.22. The summed E-state index contributed by atoms with van der Waals surface area (Å²) in [5, 5.41) is 16.7. The van der Waals surface area contributed by atoms with Gasteiger partial charge in [0.1, 0.15) is 23.3 Å². The topological polar surface area (TPSA) is 92.2 Å². The number of phenols is 1. The van der Waals surface area contributed by atoms with E-state index in [-0.39, 0.29) is 11.7 Å². The Balaban J connectivity index is 1.92. The van der Waals surface area contributed by atoms with Gasteiger partial charge in [0.05, 0.1) is 20.4 Å². The van der Waals surface area contributed by atoms with Gasteiger partial charge in [-0.3, -0.25) is 4.79 Å². The van der Waals surface area contributed by atoms with Crippen molar-refractivity contribution < 1.29 is 19.4 Å². The molecule has 0 bridgehead atoms. The van der Waals surface area contributed by atoms with E-state index in [4.69, 9.17) is 9.47 Å². The summed E-state index contributed by atoms with van der Waals surface area (Å²) in [5.74, 6) is 1.06. The van der Waals surface area contributed by atoms with Crippen molar-refractivity contribution in [2.45, 2.75) is 13.0 Å². The Morgan fingerprint density at radius 2 is 1.76 bits per heavy atom. The summed E-state index contributed by atoms with van der Waals surface area (Å²) in [6.07, 6.45) is 1.36. The second-order valence-electron chi connectivity index (χ2n) is 5.25. The number of carbonyl (C=O) groups is 1. The van der Waals surface area contributed by atoms with Crippen LogP contribution in [0.25, 0.3) is 0 Å². The minimum Gasteiger partial charge on any atom is -0.507 e. The highest BCUT2D eigenvalue weighted by molar-refractivity contribution is 5.88. The second kappa shape index (κ2) is 8.58. The average molecular weight is 343 g/mol. The van der Waals surface area contributed by atoms with Gasteiger partial charge < -0.3 is 19.9 Å². The number of anilines is 1. The van der Waals surface area contributed by atoms with Crippen molar-refractivity contribution in [1.82, 2.24) is 5.43 Å². The Bertz CT molecular complexity index is 744. The first-order chi connectivity index (χ1) is 12.0. The second-order valence-corrected chi connectivity index (χ2v) is 5.25. The fourth-order valence-electron chi connectivity index (χ4n) is 2.03. The summed E-state index contributed by atoms with van der Waals surface area (Å²) in [4.78, 5) is 12.1. The molecule has 0 spiro atoms. The smallest absolute Gasteiger partial charge is 0.262 e. The Morgan fingerprint density at radius 3 is 2.40 bits per heavy atom. The molecule has 0 heterocycles. The molecule has 3 N–H and O–H groups in total. The van der Waals surface area contributed by atoms with Crippen LogP contribution in [-0.4, -0.2) is 37.5 Å². The van der Waals surface area contributed by atoms with Crippen LogP contribution in [0.3, 0.4) is 0 Å². The van der Waals surface area contributed by atoms with Crippen LogP contribution < -0.4 is 20.2 Å². The molecule has 0 aromatic heterocycles. The number of rotatable bonds is 7. The highest BCUT2D eigenvalue weighted by Gasteiger charge is 2.11. The molecule has 0 aliphatic rings. The number of nitrogens with zero attached hydrogens (tertiary/aromatic N) is 1. The van der Waals surface area contributed by atoms with Crippen LogP contribution >= 0.6 is 0 Å². The number of hydrazone groups is 1. The van der Waals surface area contributed by atoms with E-state index in [0.717, 1.165) is 11.4 Å². The standard InChI is InChI=1S/C18H21N3O4/c1-12(20-14-4-6-15(24-2)7-5-14)18(23)21-19-11-13-10-16(25-3)8-9-17(13)22/h4-12,20,22H,1-3H3,(H,21,23)/b19-11-/t12-/m0/s1. The van der Waals surface area contributed by atoms with Gasteiger partial charge in [0.15, 0.2) is 0 Å². The van der Waals surface area contributed by atoms with Gasteiger partial charge in [0, 0.05) is 11.3 Å². The van der Waals surface area contributed by atoms with Crippen LogP contribution in [0.15, 0.2) is 47.6 Å². The molecule has 0 unspecified atom stereocenters. The highest BCUT2D eigenvalue weighted by atomic mass is 16.5. The first kappa shape index (κ1) is 18.1. The van der Waals surface area contributed by atoms with Crippen molar-refractivity contribution >= 4 is 17.8 Å². The normalized spacial score (nSPS) is 11.8. The summed E-state index contributed by atoms with van der Waals surface area (Å²) in [6.45, 7) is 1.72. The van der Waals surface area contributed by atoms with E-state index in [1.807, 2.05) is 12.1 Å². The van der Waals surface area contributed by atoms with Gasteiger partial charge in [-0.25, -0.2) is 5.43 Å². The van der Waals surface area contributed by atoms with E-state index in [1.54, 1.807) is 38.3 Å². The number of amides is 1. The Morgan fingerprint density at radius 1 is 1.12 bits per heavy atom. The van der Waals surface area contributed by atoms with Crippen LogP contribution in [0.2, 0.25) is 0 Å². The monoisotopic (exact) mass is 343 g/mol. The molecule has 2 rings (SSSR count). The molecule has 0 saturated heterocycles. The van der Waals surface area contributed by atoms with Crippen LogP contribution in [0, 0.1) is 0 Å². The maximum atomic E-state index is 12.1. The number of benzene rings is 2. The van der Waals surface area contributed by atoms with Crippen LogP contribution in [0.5, 0.6) is 17.2 Å².